The number of benzene rings is 3. The van der Waals surface area contributed by atoms with Gasteiger partial charge in [0, 0.05) is 33.9 Å². The van der Waals surface area contributed by atoms with E-state index < -0.39 is 5.63 Å². The molecule has 154 valence electrons. The molecule has 5 nitrogen and oxygen atoms in total. The van der Waals surface area contributed by atoms with E-state index in [-0.39, 0.29) is 12.4 Å². The molecule has 1 aromatic heterocycles. The molecule has 6 heteroatoms. The molecule has 0 aliphatic carbocycles. The molecule has 0 atom stereocenters. The van der Waals surface area contributed by atoms with Crippen LogP contribution in [0.15, 0.2) is 91.8 Å². The third-order valence-corrected chi connectivity index (χ3v) is 6.36. The van der Waals surface area contributed by atoms with Crippen molar-refractivity contribution in [2.45, 2.75) is 23.1 Å². The second-order valence-corrected chi connectivity index (χ2v) is 8.40. The summed E-state index contributed by atoms with van der Waals surface area (Å²) in [5.74, 6) is 0.0174. The highest BCUT2D eigenvalue weighted by Gasteiger charge is 2.23. The number of anilines is 2. The summed E-state index contributed by atoms with van der Waals surface area (Å²) in [7, 11) is 0. The number of hydrogen-bond donors (Lipinski definition) is 0. The zero-order valence-electron chi connectivity index (χ0n) is 16.8. The second-order valence-electron chi connectivity index (χ2n) is 7.32. The minimum Gasteiger partial charge on any atom is -0.426 e. The van der Waals surface area contributed by atoms with Gasteiger partial charge in [-0.05, 0) is 48.9 Å². The normalized spacial score (nSPS) is 12.4. The molecule has 0 unspecified atom stereocenters. The lowest BCUT2D eigenvalue weighted by molar-refractivity contribution is -0.134. The summed E-state index contributed by atoms with van der Waals surface area (Å²) in [6.45, 7) is 2.34. The lowest BCUT2D eigenvalue weighted by Crippen LogP contribution is -2.25. The standard InChI is InChI=1S/C25H19NO4S/c1-16-14-25(28)30-21-15-17(10-11-18(16)21)29-24(27)12-13-26-19-6-2-4-8-22(19)31-23-9-5-3-7-20(23)26/h2-11,14-15H,12-13H2,1H3. The third kappa shape index (κ3) is 3.82. The zero-order valence-corrected chi connectivity index (χ0v) is 17.6. The first-order valence-electron chi connectivity index (χ1n) is 9.97. The molecule has 4 aromatic rings. The predicted octanol–water partition coefficient (Wildman–Crippen LogP) is 5.70. The zero-order chi connectivity index (χ0) is 21.4. The van der Waals surface area contributed by atoms with Crippen LogP contribution in [0.5, 0.6) is 5.75 Å². The molecule has 0 saturated carbocycles. The quantitative estimate of drug-likeness (QED) is 0.236. The maximum Gasteiger partial charge on any atom is 0.336 e. The molecule has 0 saturated heterocycles. The smallest absolute Gasteiger partial charge is 0.336 e. The summed E-state index contributed by atoms with van der Waals surface area (Å²) in [6.07, 6.45) is 0.211. The molecule has 2 heterocycles. The molecule has 0 N–H and O–H groups in total. The number of fused-ring (bicyclic) bond motifs is 3. The van der Waals surface area contributed by atoms with Gasteiger partial charge in [0.15, 0.2) is 0 Å². The Morgan fingerprint density at radius 1 is 0.968 bits per heavy atom. The summed E-state index contributed by atoms with van der Waals surface area (Å²) < 4.78 is 10.8. The molecule has 3 aromatic carbocycles. The van der Waals surface area contributed by atoms with E-state index in [9.17, 15) is 9.59 Å². The van der Waals surface area contributed by atoms with Gasteiger partial charge in [-0.15, -0.1) is 0 Å². The van der Waals surface area contributed by atoms with Crippen molar-refractivity contribution in [1.29, 1.82) is 0 Å². The fraction of sp³-hybridized carbons (Fsp3) is 0.120. The number of para-hydroxylation sites is 2. The first kappa shape index (κ1) is 19.5. The van der Waals surface area contributed by atoms with E-state index in [4.69, 9.17) is 9.15 Å². The highest BCUT2D eigenvalue weighted by molar-refractivity contribution is 7.99. The van der Waals surface area contributed by atoms with E-state index in [0.717, 1.165) is 32.1 Å². The van der Waals surface area contributed by atoms with Crippen LogP contribution < -0.4 is 15.3 Å². The second kappa shape index (κ2) is 7.96. The van der Waals surface area contributed by atoms with Crippen LogP contribution in [0.4, 0.5) is 11.4 Å². The highest BCUT2D eigenvalue weighted by atomic mass is 32.2. The molecule has 1 aliphatic rings. The lowest BCUT2D eigenvalue weighted by Gasteiger charge is -2.32. The molecule has 0 fully saturated rings. The van der Waals surface area contributed by atoms with Gasteiger partial charge in [0.2, 0.25) is 0 Å². The summed E-state index contributed by atoms with van der Waals surface area (Å²) in [4.78, 5) is 28.7. The monoisotopic (exact) mass is 429 g/mol. The third-order valence-electron chi connectivity index (χ3n) is 5.23. The van der Waals surface area contributed by atoms with Crippen LogP contribution in [0.3, 0.4) is 0 Å². The van der Waals surface area contributed by atoms with Gasteiger partial charge in [-0.2, -0.15) is 0 Å². The fourth-order valence-corrected chi connectivity index (χ4v) is 4.87. The number of nitrogens with zero attached hydrogens (tertiary/aromatic N) is 1. The maximum atomic E-state index is 12.6. The summed E-state index contributed by atoms with van der Waals surface area (Å²) in [5, 5.41) is 0.818. The van der Waals surface area contributed by atoms with Crippen LogP contribution in [0.1, 0.15) is 12.0 Å². The molecule has 1 aliphatic heterocycles. The largest absolute Gasteiger partial charge is 0.426 e. The molecule has 0 radical (unpaired) electrons. The van der Waals surface area contributed by atoms with Crippen molar-refractivity contribution in [3.8, 4) is 5.75 Å². The molecule has 0 amide bonds. The van der Waals surface area contributed by atoms with Crippen molar-refractivity contribution in [3.63, 3.8) is 0 Å². The van der Waals surface area contributed by atoms with Crippen molar-refractivity contribution in [3.05, 3.63) is 88.8 Å². The Balaban J connectivity index is 1.35. The van der Waals surface area contributed by atoms with Crippen LogP contribution in [-0.2, 0) is 4.79 Å². The number of esters is 1. The average Bonchev–Trinajstić information content (AvgIpc) is 2.76. The van der Waals surface area contributed by atoms with Crippen LogP contribution in [0.25, 0.3) is 11.0 Å². The average molecular weight is 429 g/mol. The molecule has 31 heavy (non-hydrogen) atoms. The number of aryl methyl sites for hydroxylation is 1. The SMILES string of the molecule is Cc1cc(=O)oc2cc(OC(=O)CCN3c4ccccc4Sc4ccccc43)ccc12. The minimum absolute atomic E-state index is 0.211. The van der Waals surface area contributed by atoms with E-state index in [0.29, 0.717) is 17.9 Å². The van der Waals surface area contributed by atoms with Crippen molar-refractivity contribution in [1.82, 2.24) is 0 Å². The number of rotatable bonds is 4. The van der Waals surface area contributed by atoms with E-state index in [2.05, 4.69) is 29.2 Å². The number of carbonyl (C=O) groups is 1. The van der Waals surface area contributed by atoms with Crippen molar-refractivity contribution < 1.29 is 13.9 Å². The Morgan fingerprint density at radius 3 is 2.35 bits per heavy atom. The topological polar surface area (TPSA) is 59.8 Å². The van der Waals surface area contributed by atoms with Gasteiger partial charge in [-0.25, -0.2) is 4.79 Å². The first-order chi connectivity index (χ1) is 15.1. The maximum absolute atomic E-state index is 12.6. The van der Waals surface area contributed by atoms with Gasteiger partial charge in [0.1, 0.15) is 11.3 Å². The fourth-order valence-electron chi connectivity index (χ4n) is 3.78. The Labute approximate surface area is 183 Å². The highest BCUT2D eigenvalue weighted by Crippen LogP contribution is 2.47. The van der Waals surface area contributed by atoms with E-state index in [1.165, 1.54) is 6.07 Å². The summed E-state index contributed by atoms with van der Waals surface area (Å²) in [5.41, 5.74) is 2.98. The van der Waals surface area contributed by atoms with E-state index in [1.54, 1.807) is 30.0 Å². The van der Waals surface area contributed by atoms with Gasteiger partial charge in [0.05, 0.1) is 17.8 Å². The first-order valence-corrected chi connectivity index (χ1v) is 10.8. The Morgan fingerprint density at radius 2 is 1.65 bits per heavy atom. The van der Waals surface area contributed by atoms with Crippen LogP contribution in [0, 0.1) is 6.92 Å². The minimum atomic E-state index is -0.422. The molecule has 0 bridgehead atoms. The molecule has 0 spiro atoms. The molecular formula is C25H19NO4S. The van der Waals surface area contributed by atoms with E-state index >= 15 is 0 Å². The number of ether oxygens (including phenoxy) is 1. The van der Waals surface area contributed by atoms with Crippen LogP contribution in [-0.4, -0.2) is 12.5 Å². The molecule has 5 rings (SSSR count). The van der Waals surface area contributed by atoms with Gasteiger partial charge in [0.25, 0.3) is 0 Å². The van der Waals surface area contributed by atoms with Crippen molar-refractivity contribution in [2.24, 2.45) is 0 Å². The van der Waals surface area contributed by atoms with Gasteiger partial charge < -0.3 is 14.1 Å². The van der Waals surface area contributed by atoms with Crippen LogP contribution >= 0.6 is 11.8 Å². The summed E-state index contributed by atoms with van der Waals surface area (Å²) >= 11 is 1.73. The number of hydrogen-bond acceptors (Lipinski definition) is 6. The van der Waals surface area contributed by atoms with Crippen molar-refractivity contribution in [2.75, 3.05) is 11.4 Å². The van der Waals surface area contributed by atoms with Crippen LogP contribution in [0.2, 0.25) is 0 Å². The van der Waals surface area contributed by atoms with Gasteiger partial charge >= 0.3 is 11.6 Å². The Hall–Kier alpha value is -3.51. The summed E-state index contributed by atoms with van der Waals surface area (Å²) in [6, 6.07) is 22.9. The lowest BCUT2D eigenvalue weighted by atomic mass is 10.1. The predicted molar refractivity (Wildman–Crippen MR) is 121 cm³/mol. The molecular weight excluding hydrogens is 410 g/mol. The Bertz CT molecular complexity index is 1320. The van der Waals surface area contributed by atoms with Crippen molar-refractivity contribution >= 4 is 40.1 Å². The number of carbonyl (C=O) groups excluding carboxylic acids is 1. The van der Waals surface area contributed by atoms with Gasteiger partial charge in [-0.1, -0.05) is 36.0 Å². The van der Waals surface area contributed by atoms with Gasteiger partial charge in [-0.3, -0.25) is 4.79 Å². The Kier molecular flexibility index (Phi) is 5.00. The van der Waals surface area contributed by atoms with E-state index in [1.807, 2.05) is 31.2 Å².